The van der Waals surface area contributed by atoms with E-state index in [1.165, 1.54) is 18.2 Å². The Morgan fingerprint density at radius 3 is 1.54 bits per heavy atom. The lowest BCUT2D eigenvalue weighted by Crippen LogP contribution is -2.28. The lowest BCUT2D eigenvalue weighted by Gasteiger charge is -2.11. The molecule has 0 aliphatic carbocycles. The number of aromatic nitrogens is 4. The molecule has 0 radical (unpaired) electrons. The van der Waals surface area contributed by atoms with Crippen LogP contribution in [-0.2, 0) is 12.8 Å². The molecule has 14 heteroatoms. The lowest BCUT2D eigenvalue weighted by atomic mass is 10.1. The number of ether oxygens (including phenoxy) is 4. The van der Waals surface area contributed by atoms with Gasteiger partial charge in [0, 0.05) is 54.3 Å². The summed E-state index contributed by atoms with van der Waals surface area (Å²) in [6.07, 6.45) is 1.70. The van der Waals surface area contributed by atoms with Gasteiger partial charge in [-0.25, -0.2) is 4.79 Å². The largest absolute Gasteiger partial charge is 0.497 e. The van der Waals surface area contributed by atoms with Crippen LogP contribution in [0.15, 0.2) is 109 Å². The van der Waals surface area contributed by atoms with E-state index in [1.54, 1.807) is 21.3 Å². The number of anilines is 4. The van der Waals surface area contributed by atoms with Gasteiger partial charge in [0.05, 0.1) is 39.8 Å². The first-order chi connectivity index (χ1) is 27.8. The normalized spacial score (nSPS) is 10.3. The van der Waals surface area contributed by atoms with Crippen molar-refractivity contribution in [2.45, 2.75) is 19.8 Å². The predicted octanol–water partition coefficient (Wildman–Crippen LogP) is 7.35. The van der Waals surface area contributed by atoms with Gasteiger partial charge in [-0.1, -0.05) is 48.5 Å². The second-order valence-corrected chi connectivity index (χ2v) is 12.5. The summed E-state index contributed by atoms with van der Waals surface area (Å²) in [5.74, 6) is 3.07. The molecule has 0 atom stereocenters. The van der Waals surface area contributed by atoms with Crippen LogP contribution >= 0.6 is 0 Å². The molecule has 6 N–H and O–H groups in total. The first kappa shape index (κ1) is 41.1. The summed E-state index contributed by atoms with van der Waals surface area (Å²) in [4.78, 5) is 29.4. The van der Waals surface area contributed by atoms with Crippen LogP contribution in [0.2, 0.25) is 0 Å². The van der Waals surface area contributed by atoms with Crippen molar-refractivity contribution < 1.29 is 23.7 Å². The number of benzene rings is 4. The molecule has 0 fully saturated rings. The van der Waals surface area contributed by atoms with Crippen molar-refractivity contribution >= 4 is 29.0 Å². The van der Waals surface area contributed by atoms with Gasteiger partial charge in [-0.05, 0) is 79.4 Å². The average molecular weight is 772 g/mol. The SMILES string of the molecule is CCNC(=O)Nc1cccc(-c2cc(NCCc3ccc(OC)cc3)nc(OC)n2)c1.COc1ccc(CCNc2cc(-c3cccc(N)c3)nc(OC)n2)cc1. The van der Waals surface area contributed by atoms with Crippen molar-refractivity contribution in [2.75, 3.05) is 69.8 Å². The minimum Gasteiger partial charge on any atom is -0.497 e. The molecule has 0 saturated heterocycles. The fraction of sp³-hybridized carbons (Fsp3) is 0.233. The van der Waals surface area contributed by atoms with Gasteiger partial charge in [0.25, 0.3) is 0 Å². The molecule has 0 saturated carbocycles. The maximum atomic E-state index is 11.8. The van der Waals surface area contributed by atoms with Crippen LogP contribution < -0.4 is 45.9 Å². The summed E-state index contributed by atoms with van der Waals surface area (Å²) in [5.41, 5.74) is 12.9. The van der Waals surface area contributed by atoms with Crippen molar-refractivity contribution in [1.82, 2.24) is 25.3 Å². The van der Waals surface area contributed by atoms with Crippen LogP contribution in [0.25, 0.3) is 22.5 Å². The number of methoxy groups -OCH3 is 4. The monoisotopic (exact) mass is 771 g/mol. The number of amides is 2. The van der Waals surface area contributed by atoms with Crippen LogP contribution in [-0.4, -0.2) is 74.0 Å². The van der Waals surface area contributed by atoms with E-state index in [9.17, 15) is 4.79 Å². The zero-order valence-electron chi connectivity index (χ0n) is 32.8. The number of urea groups is 1. The smallest absolute Gasteiger partial charge is 0.319 e. The Bertz CT molecular complexity index is 2180. The van der Waals surface area contributed by atoms with E-state index in [0.29, 0.717) is 47.8 Å². The number of rotatable bonds is 16. The van der Waals surface area contributed by atoms with E-state index in [-0.39, 0.29) is 12.0 Å². The molecule has 296 valence electrons. The van der Waals surface area contributed by atoms with Gasteiger partial charge in [0.15, 0.2) is 0 Å². The molecule has 6 rings (SSSR count). The lowest BCUT2D eigenvalue weighted by molar-refractivity contribution is 0.252. The number of nitrogens with two attached hydrogens (primary N) is 1. The fourth-order valence-corrected chi connectivity index (χ4v) is 5.55. The number of carbonyl (C=O) groups is 1. The third-order valence-corrected chi connectivity index (χ3v) is 8.47. The highest BCUT2D eigenvalue weighted by molar-refractivity contribution is 5.90. The van der Waals surface area contributed by atoms with E-state index in [1.807, 2.05) is 104 Å². The molecule has 2 aromatic heterocycles. The summed E-state index contributed by atoms with van der Waals surface area (Å²) in [6.45, 7) is 3.86. The first-order valence-corrected chi connectivity index (χ1v) is 18.4. The highest BCUT2D eigenvalue weighted by Gasteiger charge is 2.10. The zero-order valence-corrected chi connectivity index (χ0v) is 32.8. The van der Waals surface area contributed by atoms with E-state index in [2.05, 4.69) is 53.3 Å². The second kappa shape index (κ2) is 21.1. The summed E-state index contributed by atoms with van der Waals surface area (Å²) < 4.78 is 20.9. The molecular weight excluding hydrogens is 723 g/mol. The quantitative estimate of drug-likeness (QED) is 0.0619. The minimum absolute atomic E-state index is 0.249. The molecule has 0 spiro atoms. The van der Waals surface area contributed by atoms with E-state index >= 15 is 0 Å². The van der Waals surface area contributed by atoms with Gasteiger partial charge in [-0.15, -0.1) is 0 Å². The molecule has 6 aromatic rings. The van der Waals surface area contributed by atoms with Crippen molar-refractivity contribution in [1.29, 1.82) is 0 Å². The molecule has 2 heterocycles. The maximum absolute atomic E-state index is 11.8. The molecule has 0 aliphatic rings. The van der Waals surface area contributed by atoms with Crippen molar-refractivity contribution in [3.63, 3.8) is 0 Å². The molecule has 57 heavy (non-hydrogen) atoms. The van der Waals surface area contributed by atoms with Gasteiger partial charge >= 0.3 is 18.1 Å². The predicted molar refractivity (Wildman–Crippen MR) is 226 cm³/mol. The van der Waals surface area contributed by atoms with Crippen LogP contribution in [0, 0.1) is 0 Å². The Balaban J connectivity index is 0.000000221. The van der Waals surface area contributed by atoms with Crippen molar-refractivity contribution in [3.05, 3.63) is 120 Å². The summed E-state index contributed by atoms with van der Waals surface area (Å²) >= 11 is 0. The number of carbonyl (C=O) groups excluding carboxylic acids is 1. The van der Waals surface area contributed by atoms with Gasteiger partial charge in [-0.2, -0.15) is 19.9 Å². The molecular formula is C43H49N9O5. The topological polar surface area (TPSA) is 180 Å². The number of hydrogen-bond acceptors (Lipinski definition) is 12. The molecule has 14 nitrogen and oxygen atoms in total. The second-order valence-electron chi connectivity index (χ2n) is 12.5. The summed E-state index contributed by atoms with van der Waals surface area (Å²) in [5, 5.41) is 12.2. The van der Waals surface area contributed by atoms with Crippen molar-refractivity contribution in [3.8, 4) is 46.0 Å². The third kappa shape index (κ3) is 12.7. The summed E-state index contributed by atoms with van der Waals surface area (Å²) in [6, 6.07) is 35.1. The molecule has 4 aromatic carbocycles. The molecule has 0 unspecified atom stereocenters. The minimum atomic E-state index is -0.249. The van der Waals surface area contributed by atoms with Crippen LogP contribution in [0.4, 0.5) is 27.8 Å². The molecule has 0 aliphatic heterocycles. The van der Waals surface area contributed by atoms with Crippen LogP contribution in [0.3, 0.4) is 0 Å². The van der Waals surface area contributed by atoms with Gasteiger partial charge < -0.3 is 45.9 Å². The average Bonchev–Trinajstić information content (AvgIpc) is 3.24. The zero-order chi connectivity index (χ0) is 40.4. The number of hydrogen-bond donors (Lipinski definition) is 5. The van der Waals surface area contributed by atoms with E-state index < -0.39 is 0 Å². The van der Waals surface area contributed by atoms with Crippen LogP contribution in [0.1, 0.15) is 18.1 Å². The Labute approximate surface area is 333 Å². The van der Waals surface area contributed by atoms with Gasteiger partial charge in [0.2, 0.25) is 0 Å². The highest BCUT2D eigenvalue weighted by atomic mass is 16.5. The standard InChI is InChI=1S/C23H27N5O3.C20H22N4O2/c1-4-24-22(29)26-18-7-5-6-17(14-18)20-15-21(28-23(27-20)31-3)25-13-12-16-8-10-19(30-2)11-9-16;1-25-17-8-6-14(7-9-17)10-11-22-19-13-18(23-20(24-19)26-2)15-4-3-5-16(21)12-15/h5-11,14-15H,4,12-13H2,1-3H3,(H2,24,26,29)(H,25,27,28);3-9,12-13H,10-11,21H2,1-2H3,(H,22,23,24). The van der Waals surface area contributed by atoms with Gasteiger partial charge in [-0.3, -0.25) is 0 Å². The maximum Gasteiger partial charge on any atom is 0.319 e. The highest BCUT2D eigenvalue weighted by Crippen LogP contribution is 2.26. The van der Waals surface area contributed by atoms with Crippen molar-refractivity contribution in [2.24, 2.45) is 0 Å². The Morgan fingerprint density at radius 1 is 0.596 bits per heavy atom. The number of nitrogens with one attached hydrogen (secondary N) is 4. The number of nitrogen functional groups attached to an aromatic ring is 1. The van der Waals surface area contributed by atoms with Gasteiger partial charge in [0.1, 0.15) is 23.1 Å². The fourth-order valence-electron chi connectivity index (χ4n) is 5.55. The Kier molecular flexibility index (Phi) is 15.2. The van der Waals surface area contributed by atoms with Crippen LogP contribution in [0.5, 0.6) is 23.5 Å². The third-order valence-electron chi connectivity index (χ3n) is 8.47. The van der Waals surface area contributed by atoms with E-state index in [0.717, 1.165) is 47.7 Å². The Hall–Kier alpha value is -7.09. The Morgan fingerprint density at radius 2 is 1.09 bits per heavy atom. The number of nitrogens with zero attached hydrogens (tertiary/aromatic N) is 4. The van der Waals surface area contributed by atoms with E-state index in [4.69, 9.17) is 24.7 Å². The summed E-state index contributed by atoms with van der Waals surface area (Å²) in [7, 11) is 6.41. The molecule has 0 bridgehead atoms. The molecule has 2 amide bonds. The first-order valence-electron chi connectivity index (χ1n) is 18.4.